The Labute approximate surface area is 213 Å². The van der Waals surface area contributed by atoms with Gasteiger partial charge in [-0.15, -0.1) is 10.3 Å². The van der Waals surface area contributed by atoms with Gasteiger partial charge in [-0.3, -0.25) is 0 Å². The molecule has 3 rings (SSSR count). The van der Waals surface area contributed by atoms with E-state index in [1.54, 1.807) is 0 Å². The Bertz CT molecular complexity index is 1030. The molecule has 0 aliphatic carbocycles. The maximum absolute atomic E-state index is 6.32. The van der Waals surface area contributed by atoms with Crippen molar-refractivity contribution in [1.82, 2.24) is 9.97 Å². The lowest BCUT2D eigenvalue weighted by Crippen LogP contribution is -2.24. The second-order valence-corrected chi connectivity index (χ2v) is 13.3. The number of anilines is 3. The molecule has 0 radical (unpaired) electrons. The van der Waals surface area contributed by atoms with E-state index in [1.807, 2.05) is 56.6 Å². The fourth-order valence-corrected chi connectivity index (χ4v) is 3.73. The van der Waals surface area contributed by atoms with Gasteiger partial charge in [0, 0.05) is 34.9 Å². The summed E-state index contributed by atoms with van der Waals surface area (Å²) in [4.78, 5) is 9.00. The predicted molar refractivity (Wildman–Crippen MR) is 155 cm³/mol. The van der Waals surface area contributed by atoms with Gasteiger partial charge >= 0.3 is 0 Å². The topological polar surface area (TPSA) is 85.1 Å². The first-order valence-corrected chi connectivity index (χ1v) is 14.6. The zero-order valence-electron chi connectivity index (χ0n) is 22.4. The monoisotopic (exact) mass is 497 g/mol. The van der Waals surface area contributed by atoms with Crippen LogP contribution in [0.3, 0.4) is 0 Å². The van der Waals surface area contributed by atoms with E-state index in [1.165, 1.54) is 0 Å². The zero-order valence-corrected chi connectivity index (χ0v) is 23.2. The molecule has 0 aliphatic heterocycles. The van der Waals surface area contributed by atoms with Crippen molar-refractivity contribution in [3.05, 3.63) is 66.5 Å². The molecule has 0 bridgehead atoms. The van der Waals surface area contributed by atoms with Gasteiger partial charge in [-0.2, -0.15) is 0 Å². The lowest BCUT2D eigenvalue weighted by molar-refractivity contribution is 0.339. The SMILES string of the molecule is CC.CC(C)(C)S(C)(C)OCc1cccc(Nc2cc(-c3ccc(NCCCN)nc3)ccn2)c1. The largest absolute Gasteiger partial charge is 0.370 e. The van der Waals surface area contributed by atoms with Crippen LogP contribution in [-0.2, 0) is 10.8 Å². The Morgan fingerprint density at radius 2 is 1.71 bits per heavy atom. The van der Waals surface area contributed by atoms with E-state index in [-0.39, 0.29) is 4.75 Å². The van der Waals surface area contributed by atoms with Crippen LogP contribution in [0.4, 0.5) is 17.3 Å². The number of nitrogens with two attached hydrogens (primary N) is 1. The maximum atomic E-state index is 6.32. The number of nitrogens with zero attached hydrogens (tertiary/aromatic N) is 2. The van der Waals surface area contributed by atoms with E-state index in [2.05, 4.69) is 72.1 Å². The molecule has 0 amide bonds. The minimum Gasteiger partial charge on any atom is -0.370 e. The summed E-state index contributed by atoms with van der Waals surface area (Å²) in [6.45, 7) is 12.8. The Morgan fingerprint density at radius 3 is 2.37 bits per heavy atom. The second kappa shape index (κ2) is 13.5. The van der Waals surface area contributed by atoms with Crippen LogP contribution in [0.25, 0.3) is 11.1 Å². The smallest absolute Gasteiger partial charge is 0.130 e. The molecule has 6 nitrogen and oxygen atoms in total. The van der Waals surface area contributed by atoms with Crippen LogP contribution >= 0.6 is 10.3 Å². The van der Waals surface area contributed by atoms with Crippen LogP contribution in [0.15, 0.2) is 60.9 Å². The average Bonchev–Trinajstić information content (AvgIpc) is 2.84. The number of rotatable bonds is 10. The quantitative estimate of drug-likeness (QED) is 0.262. The Morgan fingerprint density at radius 1 is 0.943 bits per heavy atom. The summed E-state index contributed by atoms with van der Waals surface area (Å²) >= 11 is 0. The first-order valence-electron chi connectivity index (χ1n) is 12.3. The van der Waals surface area contributed by atoms with Crippen molar-refractivity contribution >= 4 is 27.6 Å². The van der Waals surface area contributed by atoms with Gasteiger partial charge < -0.3 is 20.6 Å². The molecule has 2 heterocycles. The third-order valence-corrected chi connectivity index (χ3v) is 9.39. The lowest BCUT2D eigenvalue weighted by Gasteiger charge is -2.43. The van der Waals surface area contributed by atoms with Crippen molar-refractivity contribution in [3.63, 3.8) is 0 Å². The van der Waals surface area contributed by atoms with Gasteiger partial charge in [-0.05, 0) is 73.0 Å². The molecule has 1 aromatic carbocycles. The highest BCUT2D eigenvalue weighted by Gasteiger charge is 2.28. The number of hydrogen-bond acceptors (Lipinski definition) is 6. The molecule has 4 N–H and O–H groups in total. The van der Waals surface area contributed by atoms with Gasteiger partial charge in [0.15, 0.2) is 0 Å². The molecule has 0 saturated heterocycles. The van der Waals surface area contributed by atoms with Gasteiger partial charge in [0.05, 0.1) is 6.61 Å². The molecule has 35 heavy (non-hydrogen) atoms. The summed E-state index contributed by atoms with van der Waals surface area (Å²) in [6.07, 6.45) is 9.06. The summed E-state index contributed by atoms with van der Waals surface area (Å²) < 4.78 is 6.46. The normalized spacial score (nSPS) is 11.9. The fourth-order valence-electron chi connectivity index (χ4n) is 2.95. The number of pyridine rings is 2. The van der Waals surface area contributed by atoms with Gasteiger partial charge in [0.1, 0.15) is 11.6 Å². The van der Waals surface area contributed by atoms with Crippen molar-refractivity contribution in [2.24, 2.45) is 5.73 Å². The van der Waals surface area contributed by atoms with Crippen molar-refractivity contribution in [3.8, 4) is 11.1 Å². The van der Waals surface area contributed by atoms with Crippen LogP contribution in [0.1, 0.15) is 46.6 Å². The summed E-state index contributed by atoms with van der Waals surface area (Å²) in [6, 6.07) is 16.4. The van der Waals surface area contributed by atoms with Crippen LogP contribution < -0.4 is 16.4 Å². The summed E-state index contributed by atoms with van der Waals surface area (Å²) in [5.74, 6) is 1.64. The minimum absolute atomic E-state index is 0.140. The lowest BCUT2D eigenvalue weighted by atomic mass is 10.1. The number of nitrogens with one attached hydrogen (secondary N) is 2. The third kappa shape index (κ3) is 8.84. The van der Waals surface area contributed by atoms with Crippen molar-refractivity contribution in [2.45, 2.75) is 52.4 Å². The predicted octanol–water partition coefficient (Wildman–Crippen LogP) is 6.97. The first kappa shape index (κ1) is 28.6. The van der Waals surface area contributed by atoms with Crippen LogP contribution in [0.5, 0.6) is 0 Å². The molecule has 0 saturated carbocycles. The van der Waals surface area contributed by atoms with Crippen LogP contribution in [0, 0.1) is 0 Å². The highest BCUT2D eigenvalue weighted by atomic mass is 32.3. The van der Waals surface area contributed by atoms with E-state index < -0.39 is 10.3 Å². The first-order chi connectivity index (χ1) is 16.7. The molecular weight excluding hydrogens is 454 g/mol. The van der Waals surface area contributed by atoms with E-state index in [4.69, 9.17) is 9.92 Å². The highest BCUT2D eigenvalue weighted by Crippen LogP contribution is 2.54. The molecule has 7 heteroatoms. The summed E-state index contributed by atoms with van der Waals surface area (Å²) in [7, 11) is -1.16. The molecular formula is C28H43N5OS. The molecule has 0 atom stereocenters. The van der Waals surface area contributed by atoms with E-state index in [0.717, 1.165) is 47.0 Å². The highest BCUT2D eigenvalue weighted by molar-refractivity contribution is 8.29. The van der Waals surface area contributed by atoms with Gasteiger partial charge in [0.25, 0.3) is 0 Å². The van der Waals surface area contributed by atoms with Crippen molar-refractivity contribution < 1.29 is 4.18 Å². The van der Waals surface area contributed by atoms with Crippen molar-refractivity contribution in [1.29, 1.82) is 0 Å². The molecule has 0 spiro atoms. The molecule has 192 valence electrons. The summed E-state index contributed by atoms with van der Waals surface area (Å²) in [5.41, 5.74) is 9.77. The zero-order chi connectivity index (χ0) is 25.9. The third-order valence-electron chi connectivity index (χ3n) is 5.74. The van der Waals surface area contributed by atoms with Crippen molar-refractivity contribution in [2.75, 3.05) is 36.2 Å². The molecule has 3 aromatic rings. The average molecular weight is 498 g/mol. The number of benzene rings is 1. The number of hydrogen-bond donors (Lipinski definition) is 3. The van der Waals surface area contributed by atoms with Gasteiger partial charge in [0.2, 0.25) is 0 Å². The minimum atomic E-state index is -1.16. The van der Waals surface area contributed by atoms with Crippen LogP contribution in [-0.4, -0.2) is 40.3 Å². The maximum Gasteiger partial charge on any atom is 0.130 e. The second-order valence-electron chi connectivity index (χ2n) is 9.36. The molecule has 0 fully saturated rings. The fraction of sp³-hybridized carbons (Fsp3) is 0.429. The Hall–Kier alpha value is -2.61. The Balaban J connectivity index is 0.00000210. The standard InChI is InChI=1S/C26H37N5OS.C2H6/c1-26(2,3)33(4,5)32-19-20-8-6-9-23(16-20)31-25-17-21(12-15-29-25)22-10-11-24(30-18-22)28-14-7-13-27;1-2/h6,8-12,15-18H,7,13-14,19,27H2,1-5H3,(H,28,30)(H,29,31);1-2H3. The van der Waals surface area contributed by atoms with E-state index >= 15 is 0 Å². The van der Waals surface area contributed by atoms with Gasteiger partial charge in [-0.25, -0.2) is 9.97 Å². The number of aromatic nitrogens is 2. The summed E-state index contributed by atoms with van der Waals surface area (Å²) in [5, 5.41) is 6.70. The van der Waals surface area contributed by atoms with Crippen LogP contribution in [0.2, 0.25) is 0 Å². The molecule has 2 aromatic heterocycles. The Kier molecular flexibility index (Phi) is 11.0. The van der Waals surface area contributed by atoms with E-state index in [0.29, 0.717) is 13.2 Å². The van der Waals surface area contributed by atoms with E-state index in [9.17, 15) is 0 Å². The molecule has 0 unspecified atom stereocenters. The van der Waals surface area contributed by atoms with Gasteiger partial charge in [-0.1, -0.05) is 46.8 Å². The molecule has 0 aliphatic rings.